The maximum absolute atomic E-state index is 10.9. The number of hydrogen-bond donors (Lipinski definition) is 2. The number of nitrogens with two attached hydrogens (primary N) is 1. The smallest absolute Gasteiger partial charge is 0.217 e. The molecule has 23 heavy (non-hydrogen) atoms. The van der Waals surface area contributed by atoms with Gasteiger partial charge < -0.3 is 20.5 Å². The van der Waals surface area contributed by atoms with Crippen molar-refractivity contribution in [2.75, 3.05) is 26.2 Å². The van der Waals surface area contributed by atoms with E-state index >= 15 is 0 Å². The number of ether oxygens (including phenoxy) is 1. The summed E-state index contributed by atoms with van der Waals surface area (Å²) >= 11 is 5.83. The summed E-state index contributed by atoms with van der Waals surface area (Å²) < 4.78 is 5.56. The van der Waals surface area contributed by atoms with Crippen LogP contribution in [0.5, 0.6) is 0 Å². The number of aliphatic hydroxyl groups excluding tert-OH is 1. The second-order valence-electron chi connectivity index (χ2n) is 6.21. The lowest BCUT2D eigenvalue weighted by Gasteiger charge is -2.32. The molecule has 0 bridgehead atoms. The molecule has 6 heteroatoms. The molecule has 1 unspecified atom stereocenters. The number of amides is 1. The Morgan fingerprint density at radius 1 is 1.35 bits per heavy atom. The van der Waals surface area contributed by atoms with Crippen LogP contribution in [0.4, 0.5) is 0 Å². The standard InChI is InChI=1S/C17H25ClN2O3/c18-15-3-1-14(2-4-15)11-23-12-16(21)10-20-7-5-13(6-8-20)9-17(19)22/h1-4,13,16,21H,5-12H2,(H2,19,22). The summed E-state index contributed by atoms with van der Waals surface area (Å²) in [7, 11) is 0. The van der Waals surface area contributed by atoms with Crippen LogP contribution in [0.2, 0.25) is 5.02 Å². The monoisotopic (exact) mass is 340 g/mol. The van der Waals surface area contributed by atoms with Gasteiger partial charge in [-0.2, -0.15) is 0 Å². The molecule has 1 amide bonds. The van der Waals surface area contributed by atoms with Crippen molar-refractivity contribution in [2.24, 2.45) is 11.7 Å². The molecule has 2 rings (SSSR count). The summed E-state index contributed by atoms with van der Waals surface area (Å²) in [5.41, 5.74) is 6.27. The van der Waals surface area contributed by atoms with Gasteiger partial charge in [-0.1, -0.05) is 23.7 Å². The van der Waals surface area contributed by atoms with Crippen molar-refractivity contribution in [1.29, 1.82) is 0 Å². The topological polar surface area (TPSA) is 75.8 Å². The first-order valence-corrected chi connectivity index (χ1v) is 8.41. The number of rotatable bonds is 8. The van der Waals surface area contributed by atoms with Crippen LogP contribution in [0.15, 0.2) is 24.3 Å². The summed E-state index contributed by atoms with van der Waals surface area (Å²) in [4.78, 5) is 13.1. The van der Waals surface area contributed by atoms with Crippen LogP contribution in [0.1, 0.15) is 24.8 Å². The zero-order chi connectivity index (χ0) is 16.7. The maximum Gasteiger partial charge on any atom is 0.217 e. The van der Waals surface area contributed by atoms with Gasteiger partial charge in [-0.3, -0.25) is 4.79 Å². The number of primary amides is 1. The first kappa shape index (κ1) is 18.2. The molecule has 0 aromatic heterocycles. The second-order valence-corrected chi connectivity index (χ2v) is 6.65. The van der Waals surface area contributed by atoms with Crippen LogP contribution in [0.25, 0.3) is 0 Å². The van der Waals surface area contributed by atoms with Crippen molar-refractivity contribution in [2.45, 2.75) is 32.0 Å². The van der Waals surface area contributed by atoms with E-state index in [1.807, 2.05) is 24.3 Å². The van der Waals surface area contributed by atoms with Crippen molar-refractivity contribution in [3.8, 4) is 0 Å². The highest BCUT2D eigenvalue weighted by Crippen LogP contribution is 2.20. The van der Waals surface area contributed by atoms with Crippen molar-refractivity contribution >= 4 is 17.5 Å². The van der Waals surface area contributed by atoms with Gasteiger partial charge in [-0.25, -0.2) is 0 Å². The Bertz CT molecular complexity index is 487. The Labute approximate surface area is 142 Å². The van der Waals surface area contributed by atoms with Crippen molar-refractivity contribution < 1.29 is 14.6 Å². The van der Waals surface area contributed by atoms with E-state index in [9.17, 15) is 9.90 Å². The highest BCUT2D eigenvalue weighted by molar-refractivity contribution is 6.30. The number of carbonyl (C=O) groups excluding carboxylic acids is 1. The molecule has 1 saturated heterocycles. The van der Waals surface area contributed by atoms with Crippen LogP contribution in [0, 0.1) is 5.92 Å². The summed E-state index contributed by atoms with van der Waals surface area (Å²) in [6.07, 6.45) is 1.89. The van der Waals surface area contributed by atoms with Gasteiger partial charge >= 0.3 is 0 Å². The van der Waals surface area contributed by atoms with Crippen LogP contribution in [0.3, 0.4) is 0 Å². The fraction of sp³-hybridized carbons (Fsp3) is 0.588. The fourth-order valence-corrected chi connectivity index (χ4v) is 3.03. The lowest BCUT2D eigenvalue weighted by atomic mass is 9.93. The van der Waals surface area contributed by atoms with E-state index in [1.165, 1.54) is 0 Å². The number of piperidine rings is 1. The third kappa shape index (κ3) is 6.87. The van der Waals surface area contributed by atoms with Crippen LogP contribution in [-0.2, 0) is 16.1 Å². The molecule has 3 N–H and O–H groups in total. The largest absolute Gasteiger partial charge is 0.389 e. The Kier molecular flexibility index (Phi) is 7.30. The molecule has 0 saturated carbocycles. The predicted molar refractivity (Wildman–Crippen MR) is 90.1 cm³/mol. The average molecular weight is 341 g/mol. The molecule has 1 atom stereocenters. The van der Waals surface area contributed by atoms with E-state index in [0.717, 1.165) is 31.5 Å². The Morgan fingerprint density at radius 3 is 2.61 bits per heavy atom. The van der Waals surface area contributed by atoms with Gasteiger partial charge in [-0.05, 0) is 49.5 Å². The third-order valence-corrected chi connectivity index (χ3v) is 4.41. The van der Waals surface area contributed by atoms with E-state index in [2.05, 4.69) is 4.90 Å². The summed E-state index contributed by atoms with van der Waals surface area (Å²) in [5, 5.41) is 10.8. The molecular formula is C17H25ClN2O3. The van der Waals surface area contributed by atoms with Crippen LogP contribution < -0.4 is 5.73 Å². The molecule has 1 aromatic rings. The van der Waals surface area contributed by atoms with Gasteiger partial charge in [-0.15, -0.1) is 0 Å². The number of hydrogen-bond acceptors (Lipinski definition) is 4. The Balaban J connectivity index is 1.61. The minimum Gasteiger partial charge on any atom is -0.389 e. The minimum absolute atomic E-state index is 0.223. The van der Waals surface area contributed by atoms with Gasteiger partial charge in [0.2, 0.25) is 5.91 Å². The molecule has 0 aliphatic carbocycles. The third-order valence-electron chi connectivity index (χ3n) is 4.16. The molecule has 128 valence electrons. The Hall–Kier alpha value is -1.14. The molecule has 0 radical (unpaired) electrons. The summed E-state index contributed by atoms with van der Waals surface area (Å²) in [6.45, 7) is 3.17. The first-order chi connectivity index (χ1) is 11.0. The number of carbonyl (C=O) groups is 1. The highest BCUT2D eigenvalue weighted by Gasteiger charge is 2.22. The first-order valence-electron chi connectivity index (χ1n) is 8.04. The lowest BCUT2D eigenvalue weighted by Crippen LogP contribution is -2.40. The van der Waals surface area contributed by atoms with Crippen LogP contribution in [-0.4, -0.2) is 48.3 Å². The van der Waals surface area contributed by atoms with E-state index < -0.39 is 6.10 Å². The lowest BCUT2D eigenvalue weighted by molar-refractivity contribution is -0.119. The van der Waals surface area contributed by atoms with Crippen molar-refractivity contribution in [3.63, 3.8) is 0 Å². The SMILES string of the molecule is NC(=O)CC1CCN(CC(O)COCc2ccc(Cl)cc2)CC1. The molecule has 1 aliphatic heterocycles. The second kappa shape index (κ2) is 9.23. The number of halogens is 1. The van der Waals surface area contributed by atoms with E-state index in [0.29, 0.717) is 37.1 Å². The molecule has 0 spiro atoms. The van der Waals surface area contributed by atoms with E-state index in [1.54, 1.807) is 0 Å². The minimum atomic E-state index is -0.505. The molecule has 1 fully saturated rings. The van der Waals surface area contributed by atoms with Gasteiger partial charge in [0, 0.05) is 18.0 Å². The molecule has 1 aromatic carbocycles. The van der Waals surface area contributed by atoms with Gasteiger partial charge in [0.1, 0.15) is 0 Å². The van der Waals surface area contributed by atoms with Gasteiger partial charge in [0.25, 0.3) is 0 Å². The normalized spacial score (nSPS) is 18.0. The molecule has 5 nitrogen and oxygen atoms in total. The highest BCUT2D eigenvalue weighted by atomic mass is 35.5. The summed E-state index contributed by atoms with van der Waals surface area (Å²) in [6, 6.07) is 7.48. The van der Waals surface area contributed by atoms with E-state index in [-0.39, 0.29) is 5.91 Å². The van der Waals surface area contributed by atoms with Crippen molar-refractivity contribution in [1.82, 2.24) is 4.90 Å². The molecule has 1 heterocycles. The summed E-state index contributed by atoms with van der Waals surface area (Å²) in [5.74, 6) is 0.168. The Morgan fingerprint density at radius 2 is 2.00 bits per heavy atom. The number of benzene rings is 1. The molecule has 1 aliphatic rings. The van der Waals surface area contributed by atoms with Gasteiger partial charge in [0.05, 0.1) is 19.3 Å². The predicted octanol–water partition coefficient (Wildman–Crippen LogP) is 1.80. The number of likely N-dealkylation sites (tertiary alicyclic amines) is 1. The fourth-order valence-electron chi connectivity index (χ4n) is 2.90. The zero-order valence-corrected chi connectivity index (χ0v) is 14.0. The average Bonchev–Trinajstić information content (AvgIpc) is 2.51. The van der Waals surface area contributed by atoms with Crippen molar-refractivity contribution in [3.05, 3.63) is 34.9 Å². The number of nitrogens with zero attached hydrogens (tertiary/aromatic N) is 1. The van der Waals surface area contributed by atoms with E-state index in [4.69, 9.17) is 22.1 Å². The van der Waals surface area contributed by atoms with Gasteiger partial charge in [0.15, 0.2) is 0 Å². The number of β-amino-alcohol motifs (C(OH)–C–C–N with tert-alkyl or cyclic N) is 1. The maximum atomic E-state index is 10.9. The quantitative estimate of drug-likeness (QED) is 0.756. The zero-order valence-electron chi connectivity index (χ0n) is 13.3. The number of aliphatic hydroxyl groups is 1. The van der Waals surface area contributed by atoms with Crippen LogP contribution >= 0.6 is 11.6 Å². The molecular weight excluding hydrogens is 316 g/mol.